The molecule has 2 N–H and O–H groups in total. The topological polar surface area (TPSA) is 75.3 Å². The molecule has 6 heteroatoms. The summed E-state index contributed by atoms with van der Waals surface area (Å²) in [4.78, 5) is 16.7. The number of likely N-dealkylation sites (tertiary alicyclic amines) is 1. The molecule has 102 valence electrons. The number of hydrogen-bond donors (Lipinski definition) is 1. The molecule has 2 fully saturated rings. The average Bonchev–Trinajstić information content (AvgIpc) is 2.63. The summed E-state index contributed by atoms with van der Waals surface area (Å²) in [6.45, 7) is 1.59. The van der Waals surface area contributed by atoms with Gasteiger partial charge in [0.15, 0.2) is 5.69 Å². The third-order valence-electron chi connectivity index (χ3n) is 4.34. The Morgan fingerprint density at radius 1 is 1.26 bits per heavy atom. The molecule has 2 aliphatic heterocycles. The number of hydrogen-bond acceptors (Lipinski definition) is 5. The molecule has 3 rings (SSSR count). The second-order valence-corrected chi connectivity index (χ2v) is 5.43. The molecule has 0 aromatic carbocycles. The summed E-state index contributed by atoms with van der Waals surface area (Å²) in [5.41, 5.74) is 5.88. The van der Waals surface area contributed by atoms with Crippen LogP contribution in [0.5, 0.6) is 0 Å². The van der Waals surface area contributed by atoms with Crippen LogP contribution >= 0.6 is 0 Å². The van der Waals surface area contributed by atoms with E-state index >= 15 is 0 Å². The highest BCUT2D eigenvalue weighted by atomic mass is 16.2. The van der Waals surface area contributed by atoms with E-state index in [4.69, 9.17) is 5.73 Å². The average molecular weight is 261 g/mol. The summed E-state index contributed by atoms with van der Waals surface area (Å²) in [6.07, 6.45) is 3.48. The largest absolute Gasteiger partial charge is 0.382 e. The molecule has 6 nitrogen and oxygen atoms in total. The Balaban J connectivity index is 1.75. The molecular formula is C13H19N5O. The Bertz CT molecular complexity index is 474. The number of likely N-dealkylation sites (N-methyl/N-ethyl adjacent to an activating group) is 1. The predicted octanol–water partition coefficient (Wildman–Crippen LogP) is 0.367. The molecule has 0 radical (unpaired) electrons. The Hall–Kier alpha value is -1.69. The Morgan fingerprint density at radius 3 is 2.79 bits per heavy atom. The van der Waals surface area contributed by atoms with Gasteiger partial charge in [0.1, 0.15) is 5.82 Å². The van der Waals surface area contributed by atoms with E-state index in [1.165, 1.54) is 12.8 Å². The fraction of sp³-hybridized carbons (Fsp3) is 0.615. The van der Waals surface area contributed by atoms with Gasteiger partial charge in [0.2, 0.25) is 0 Å². The van der Waals surface area contributed by atoms with Crippen molar-refractivity contribution in [3.8, 4) is 0 Å². The number of aromatic nitrogens is 2. The van der Waals surface area contributed by atoms with Gasteiger partial charge in [-0.05, 0) is 38.4 Å². The number of carbonyl (C=O) groups excluding carboxylic acids is 1. The molecule has 2 bridgehead atoms. The first-order valence-electron chi connectivity index (χ1n) is 6.75. The molecule has 0 saturated carbocycles. The number of rotatable bonds is 1. The first kappa shape index (κ1) is 12.3. The predicted molar refractivity (Wildman–Crippen MR) is 71.5 cm³/mol. The van der Waals surface area contributed by atoms with Gasteiger partial charge in [-0.15, -0.1) is 10.2 Å². The molecular weight excluding hydrogens is 242 g/mol. The third kappa shape index (κ3) is 2.28. The normalized spacial score (nSPS) is 27.3. The molecule has 2 saturated heterocycles. The lowest BCUT2D eigenvalue weighted by Gasteiger charge is -2.25. The van der Waals surface area contributed by atoms with Gasteiger partial charge < -0.3 is 10.6 Å². The molecule has 1 aromatic heterocycles. The van der Waals surface area contributed by atoms with Gasteiger partial charge in [-0.1, -0.05) is 0 Å². The molecule has 3 heterocycles. The van der Waals surface area contributed by atoms with Gasteiger partial charge in [-0.3, -0.25) is 9.69 Å². The van der Waals surface area contributed by atoms with Gasteiger partial charge in [0.25, 0.3) is 5.91 Å². The molecule has 1 amide bonds. The first-order valence-corrected chi connectivity index (χ1v) is 6.75. The van der Waals surface area contributed by atoms with Crippen LogP contribution in [0.25, 0.3) is 0 Å². The Morgan fingerprint density at radius 2 is 2.05 bits per heavy atom. The van der Waals surface area contributed by atoms with Crippen LogP contribution in [0.4, 0.5) is 5.82 Å². The van der Waals surface area contributed by atoms with Gasteiger partial charge in [-0.25, -0.2) is 0 Å². The maximum Gasteiger partial charge on any atom is 0.274 e. The molecule has 19 heavy (non-hydrogen) atoms. The van der Waals surface area contributed by atoms with Crippen LogP contribution in [-0.4, -0.2) is 58.1 Å². The highest BCUT2D eigenvalue weighted by Crippen LogP contribution is 2.28. The van der Waals surface area contributed by atoms with E-state index < -0.39 is 0 Å². The standard InChI is InChI=1S/C13H19N5O/c1-17-9-2-3-10(17)8-18(7-6-9)13(19)11-4-5-12(14)16-15-11/h4-5,9-10H,2-3,6-8H2,1H3,(H2,14,16). The lowest BCUT2D eigenvalue weighted by atomic mass is 10.1. The van der Waals surface area contributed by atoms with Crippen LogP contribution in [0.1, 0.15) is 29.8 Å². The maximum absolute atomic E-state index is 12.4. The lowest BCUT2D eigenvalue weighted by molar-refractivity contribution is 0.0733. The van der Waals surface area contributed by atoms with Crippen molar-refractivity contribution in [2.75, 3.05) is 25.9 Å². The first-order chi connectivity index (χ1) is 9.15. The zero-order chi connectivity index (χ0) is 13.4. The van der Waals surface area contributed by atoms with E-state index in [1.54, 1.807) is 12.1 Å². The number of anilines is 1. The van der Waals surface area contributed by atoms with Crippen molar-refractivity contribution >= 4 is 11.7 Å². The van der Waals surface area contributed by atoms with Crippen molar-refractivity contribution in [1.29, 1.82) is 0 Å². The fourth-order valence-corrected chi connectivity index (χ4v) is 3.11. The highest BCUT2D eigenvalue weighted by Gasteiger charge is 2.36. The molecule has 0 aliphatic carbocycles. The van der Waals surface area contributed by atoms with E-state index in [9.17, 15) is 4.79 Å². The van der Waals surface area contributed by atoms with Crippen LogP contribution in [0.2, 0.25) is 0 Å². The number of fused-ring (bicyclic) bond motifs is 2. The van der Waals surface area contributed by atoms with Crippen molar-refractivity contribution in [2.24, 2.45) is 0 Å². The SMILES string of the molecule is CN1C2CCC1CN(C(=O)c1ccc(N)nn1)CC2. The summed E-state index contributed by atoms with van der Waals surface area (Å²) in [7, 11) is 2.17. The molecule has 2 aliphatic rings. The second-order valence-electron chi connectivity index (χ2n) is 5.43. The van der Waals surface area contributed by atoms with Crippen molar-refractivity contribution in [1.82, 2.24) is 20.0 Å². The minimum Gasteiger partial charge on any atom is -0.382 e. The number of nitrogen functional groups attached to an aromatic ring is 1. The van der Waals surface area contributed by atoms with Crippen LogP contribution in [0.15, 0.2) is 12.1 Å². The third-order valence-corrected chi connectivity index (χ3v) is 4.34. The summed E-state index contributed by atoms with van der Waals surface area (Å²) >= 11 is 0. The smallest absolute Gasteiger partial charge is 0.274 e. The van der Waals surface area contributed by atoms with Gasteiger partial charge in [0, 0.05) is 25.2 Å². The number of nitrogens with zero attached hydrogens (tertiary/aromatic N) is 4. The molecule has 2 unspecified atom stereocenters. The summed E-state index contributed by atoms with van der Waals surface area (Å²) in [5, 5.41) is 7.64. The van der Waals surface area contributed by atoms with Gasteiger partial charge in [-0.2, -0.15) is 0 Å². The van der Waals surface area contributed by atoms with Crippen LogP contribution in [0, 0.1) is 0 Å². The van der Waals surface area contributed by atoms with Crippen LogP contribution in [0.3, 0.4) is 0 Å². The van der Waals surface area contributed by atoms with E-state index in [2.05, 4.69) is 22.1 Å². The van der Waals surface area contributed by atoms with Crippen molar-refractivity contribution in [3.05, 3.63) is 17.8 Å². The maximum atomic E-state index is 12.4. The molecule has 0 spiro atoms. The summed E-state index contributed by atoms with van der Waals surface area (Å²) < 4.78 is 0. The zero-order valence-corrected chi connectivity index (χ0v) is 11.1. The monoisotopic (exact) mass is 261 g/mol. The number of carbonyl (C=O) groups is 1. The van der Waals surface area contributed by atoms with E-state index in [0.29, 0.717) is 23.6 Å². The Kier molecular flexibility index (Phi) is 3.10. The zero-order valence-electron chi connectivity index (χ0n) is 11.1. The second kappa shape index (κ2) is 4.77. The highest BCUT2D eigenvalue weighted by molar-refractivity contribution is 5.92. The molecule has 2 atom stereocenters. The van der Waals surface area contributed by atoms with Crippen molar-refractivity contribution in [3.63, 3.8) is 0 Å². The fourth-order valence-electron chi connectivity index (χ4n) is 3.11. The van der Waals surface area contributed by atoms with Crippen molar-refractivity contribution in [2.45, 2.75) is 31.3 Å². The number of amides is 1. The van der Waals surface area contributed by atoms with E-state index in [-0.39, 0.29) is 5.91 Å². The van der Waals surface area contributed by atoms with E-state index in [0.717, 1.165) is 19.5 Å². The number of nitrogens with two attached hydrogens (primary N) is 1. The van der Waals surface area contributed by atoms with Gasteiger partial charge in [0.05, 0.1) is 0 Å². The summed E-state index contributed by atoms with van der Waals surface area (Å²) in [5.74, 6) is 0.305. The van der Waals surface area contributed by atoms with Crippen molar-refractivity contribution < 1.29 is 4.79 Å². The van der Waals surface area contributed by atoms with Crippen LogP contribution in [-0.2, 0) is 0 Å². The van der Waals surface area contributed by atoms with Crippen LogP contribution < -0.4 is 5.73 Å². The van der Waals surface area contributed by atoms with Gasteiger partial charge >= 0.3 is 0 Å². The Labute approximate surface area is 112 Å². The van der Waals surface area contributed by atoms with E-state index in [1.807, 2.05) is 4.90 Å². The quantitative estimate of drug-likeness (QED) is 0.790. The summed E-state index contributed by atoms with van der Waals surface area (Å²) in [6, 6.07) is 4.38. The minimum atomic E-state index is -0.0338. The minimum absolute atomic E-state index is 0.0338. The molecule has 1 aromatic rings. The lowest BCUT2D eigenvalue weighted by Crippen LogP contribution is -2.40.